The third kappa shape index (κ3) is 3.07. The SMILES string of the molecule is C#CC(O)CC(N)C(=O)O. The molecule has 0 aliphatic carbocycles. The van der Waals surface area contributed by atoms with Gasteiger partial charge in [0.1, 0.15) is 12.1 Å². The molecule has 4 heteroatoms. The third-order valence-corrected chi connectivity index (χ3v) is 0.987. The largest absolute Gasteiger partial charge is 0.480 e. The Labute approximate surface area is 58.7 Å². The van der Waals surface area contributed by atoms with Crippen LogP contribution in [0.15, 0.2) is 0 Å². The Hall–Kier alpha value is -1.05. The van der Waals surface area contributed by atoms with Crippen molar-refractivity contribution in [2.24, 2.45) is 5.73 Å². The highest BCUT2D eigenvalue weighted by Crippen LogP contribution is 1.93. The van der Waals surface area contributed by atoms with Crippen molar-refractivity contribution in [2.45, 2.75) is 18.6 Å². The molecule has 0 heterocycles. The van der Waals surface area contributed by atoms with Gasteiger partial charge in [-0.1, -0.05) is 5.92 Å². The number of terminal acetylenes is 1. The molecule has 0 bridgehead atoms. The molecule has 4 N–H and O–H groups in total. The molecule has 2 atom stereocenters. The lowest BCUT2D eigenvalue weighted by Gasteiger charge is -2.06. The second kappa shape index (κ2) is 3.88. The lowest BCUT2D eigenvalue weighted by Crippen LogP contribution is -2.33. The lowest BCUT2D eigenvalue weighted by atomic mass is 10.1. The zero-order valence-corrected chi connectivity index (χ0v) is 5.32. The Morgan fingerprint density at radius 2 is 2.30 bits per heavy atom. The number of carboxylic acids is 1. The maximum Gasteiger partial charge on any atom is 0.320 e. The summed E-state index contributed by atoms with van der Waals surface area (Å²) in [6.45, 7) is 0. The minimum absolute atomic E-state index is 0.105. The van der Waals surface area contributed by atoms with Crippen molar-refractivity contribution < 1.29 is 15.0 Å². The van der Waals surface area contributed by atoms with Gasteiger partial charge in [-0.25, -0.2) is 0 Å². The van der Waals surface area contributed by atoms with Gasteiger partial charge < -0.3 is 15.9 Å². The summed E-state index contributed by atoms with van der Waals surface area (Å²) in [6.07, 6.45) is 3.60. The summed E-state index contributed by atoms with van der Waals surface area (Å²) in [5, 5.41) is 16.9. The van der Waals surface area contributed by atoms with Gasteiger partial charge in [-0.15, -0.1) is 6.42 Å². The second-order valence-electron chi connectivity index (χ2n) is 1.86. The number of aliphatic hydroxyl groups is 1. The standard InChI is InChI=1S/C6H9NO3/c1-2-4(8)3-5(7)6(9)10/h1,4-5,8H,3,7H2,(H,9,10). The summed E-state index contributed by atoms with van der Waals surface area (Å²) in [5.41, 5.74) is 5.04. The van der Waals surface area contributed by atoms with E-state index in [1.54, 1.807) is 0 Å². The number of hydrogen-bond donors (Lipinski definition) is 3. The Kier molecular flexibility index (Phi) is 3.47. The Morgan fingerprint density at radius 3 is 2.60 bits per heavy atom. The molecule has 0 radical (unpaired) electrons. The van der Waals surface area contributed by atoms with Crippen LogP contribution >= 0.6 is 0 Å². The first kappa shape index (κ1) is 8.95. The first-order chi connectivity index (χ1) is 4.57. The van der Waals surface area contributed by atoms with Crippen molar-refractivity contribution in [2.75, 3.05) is 0 Å². The van der Waals surface area contributed by atoms with Crippen LogP contribution in [-0.4, -0.2) is 28.3 Å². The number of hydrogen-bond acceptors (Lipinski definition) is 3. The molecule has 0 aliphatic rings. The third-order valence-electron chi connectivity index (χ3n) is 0.987. The smallest absolute Gasteiger partial charge is 0.320 e. The lowest BCUT2D eigenvalue weighted by molar-refractivity contribution is -0.139. The predicted octanol–water partition coefficient (Wildman–Crippen LogP) is -1.22. The number of rotatable bonds is 3. The van der Waals surface area contributed by atoms with Gasteiger partial charge in [0.15, 0.2) is 0 Å². The highest BCUT2D eigenvalue weighted by Gasteiger charge is 2.14. The Balaban J connectivity index is 3.70. The van der Waals surface area contributed by atoms with E-state index in [0.29, 0.717) is 0 Å². The molecule has 0 spiro atoms. The van der Waals surface area contributed by atoms with Crippen LogP contribution in [0.1, 0.15) is 6.42 Å². The summed E-state index contributed by atoms with van der Waals surface area (Å²) in [7, 11) is 0. The van der Waals surface area contributed by atoms with E-state index in [0.717, 1.165) is 0 Å². The van der Waals surface area contributed by atoms with Crippen LogP contribution in [0.2, 0.25) is 0 Å². The van der Waals surface area contributed by atoms with E-state index in [4.69, 9.17) is 22.4 Å². The average molecular weight is 143 g/mol. The van der Waals surface area contributed by atoms with Crippen LogP contribution in [0.5, 0.6) is 0 Å². The molecule has 10 heavy (non-hydrogen) atoms. The van der Waals surface area contributed by atoms with Crippen molar-refractivity contribution in [1.29, 1.82) is 0 Å². The summed E-state index contributed by atoms with van der Waals surface area (Å²) in [6, 6.07) is -1.08. The van der Waals surface area contributed by atoms with Crippen LogP contribution in [-0.2, 0) is 4.79 Å². The minimum atomic E-state index is -1.16. The molecule has 2 unspecified atom stereocenters. The minimum Gasteiger partial charge on any atom is -0.480 e. The Bertz CT molecular complexity index is 161. The van der Waals surface area contributed by atoms with E-state index in [2.05, 4.69) is 0 Å². The average Bonchev–Trinajstić information content (AvgIpc) is 1.87. The molecule has 0 fully saturated rings. The highest BCUT2D eigenvalue weighted by atomic mass is 16.4. The van der Waals surface area contributed by atoms with Gasteiger partial charge in [-0.3, -0.25) is 4.79 Å². The molecule has 0 saturated carbocycles. The van der Waals surface area contributed by atoms with E-state index in [-0.39, 0.29) is 6.42 Å². The second-order valence-corrected chi connectivity index (χ2v) is 1.86. The van der Waals surface area contributed by atoms with Crippen LogP contribution in [0.3, 0.4) is 0 Å². The predicted molar refractivity (Wildman–Crippen MR) is 35.1 cm³/mol. The molecular formula is C6H9NO3. The molecule has 4 nitrogen and oxygen atoms in total. The van der Waals surface area contributed by atoms with Crippen molar-refractivity contribution >= 4 is 5.97 Å². The molecule has 0 aliphatic heterocycles. The fourth-order valence-electron chi connectivity index (χ4n) is 0.409. The van der Waals surface area contributed by atoms with E-state index < -0.39 is 18.1 Å². The normalized spacial score (nSPS) is 15.3. The molecule has 56 valence electrons. The molecule has 0 aromatic carbocycles. The van der Waals surface area contributed by atoms with Gasteiger partial charge in [-0.05, 0) is 0 Å². The summed E-state index contributed by atoms with van der Waals surface area (Å²) in [5.74, 6) is 0.805. The van der Waals surface area contributed by atoms with Crippen LogP contribution < -0.4 is 5.73 Å². The zero-order chi connectivity index (χ0) is 8.15. The molecule has 0 aromatic heterocycles. The van der Waals surface area contributed by atoms with E-state index in [1.807, 2.05) is 5.92 Å². The van der Waals surface area contributed by atoms with Gasteiger partial charge >= 0.3 is 5.97 Å². The Morgan fingerprint density at radius 1 is 1.80 bits per heavy atom. The number of aliphatic carboxylic acids is 1. The summed E-state index contributed by atoms with van der Waals surface area (Å²) in [4.78, 5) is 10.0. The van der Waals surface area contributed by atoms with Gasteiger partial charge in [0.05, 0.1) is 0 Å². The molecule has 0 amide bonds. The fraction of sp³-hybridized carbons (Fsp3) is 0.500. The molecule has 0 saturated heterocycles. The van der Waals surface area contributed by atoms with E-state index in [9.17, 15) is 4.79 Å². The van der Waals surface area contributed by atoms with Gasteiger partial charge in [0.2, 0.25) is 0 Å². The number of carbonyl (C=O) groups is 1. The monoisotopic (exact) mass is 143 g/mol. The first-order valence-electron chi connectivity index (χ1n) is 2.70. The highest BCUT2D eigenvalue weighted by molar-refractivity contribution is 5.73. The van der Waals surface area contributed by atoms with Gasteiger partial charge in [-0.2, -0.15) is 0 Å². The summed E-state index contributed by atoms with van der Waals surface area (Å²) < 4.78 is 0. The van der Waals surface area contributed by atoms with E-state index >= 15 is 0 Å². The first-order valence-corrected chi connectivity index (χ1v) is 2.70. The van der Waals surface area contributed by atoms with E-state index in [1.165, 1.54) is 0 Å². The molecule has 0 aromatic rings. The maximum atomic E-state index is 10.0. The van der Waals surface area contributed by atoms with Crippen molar-refractivity contribution in [3.05, 3.63) is 0 Å². The maximum absolute atomic E-state index is 10.0. The van der Waals surface area contributed by atoms with Gasteiger partial charge in [0.25, 0.3) is 0 Å². The zero-order valence-electron chi connectivity index (χ0n) is 5.32. The number of aliphatic hydroxyl groups excluding tert-OH is 1. The van der Waals surface area contributed by atoms with Crippen LogP contribution in [0.25, 0.3) is 0 Å². The van der Waals surface area contributed by atoms with Crippen molar-refractivity contribution in [1.82, 2.24) is 0 Å². The number of carboxylic acid groups (broad SMARTS) is 1. The number of nitrogens with two attached hydrogens (primary N) is 1. The van der Waals surface area contributed by atoms with Gasteiger partial charge in [0, 0.05) is 6.42 Å². The van der Waals surface area contributed by atoms with Crippen LogP contribution in [0, 0.1) is 12.3 Å². The quantitative estimate of drug-likeness (QED) is 0.432. The van der Waals surface area contributed by atoms with Crippen molar-refractivity contribution in [3.8, 4) is 12.3 Å². The summed E-state index contributed by atoms with van der Waals surface area (Å²) >= 11 is 0. The molecular weight excluding hydrogens is 134 g/mol. The topological polar surface area (TPSA) is 83.5 Å². The fourth-order valence-corrected chi connectivity index (χ4v) is 0.409. The molecule has 0 rings (SSSR count). The van der Waals surface area contributed by atoms with Crippen LogP contribution in [0.4, 0.5) is 0 Å². The van der Waals surface area contributed by atoms with Crippen molar-refractivity contribution in [3.63, 3.8) is 0 Å².